The van der Waals surface area contributed by atoms with E-state index in [1.54, 1.807) is 18.2 Å². The number of hydrogen-bond donors (Lipinski definition) is 2. The Bertz CT molecular complexity index is 757. The number of benzene rings is 1. The minimum absolute atomic E-state index is 0.0180. The van der Waals surface area contributed by atoms with Gasteiger partial charge in [0.25, 0.3) is 0 Å². The zero-order valence-corrected chi connectivity index (χ0v) is 12.6. The van der Waals surface area contributed by atoms with E-state index in [0.29, 0.717) is 17.2 Å². The van der Waals surface area contributed by atoms with Crippen molar-refractivity contribution in [3.63, 3.8) is 0 Å². The van der Waals surface area contributed by atoms with Crippen LogP contribution in [-0.4, -0.2) is 40.8 Å². The summed E-state index contributed by atoms with van der Waals surface area (Å²) in [5, 5.41) is 12.8. The van der Waals surface area contributed by atoms with E-state index in [-0.39, 0.29) is 24.2 Å². The van der Waals surface area contributed by atoms with Gasteiger partial charge in [-0.05, 0) is 12.1 Å². The Morgan fingerprint density at radius 2 is 2.13 bits per heavy atom. The van der Waals surface area contributed by atoms with Gasteiger partial charge in [0.05, 0.1) is 20.6 Å². The lowest BCUT2D eigenvalue weighted by Gasteiger charge is -2.23. The van der Waals surface area contributed by atoms with Crippen molar-refractivity contribution in [1.29, 1.82) is 0 Å². The first-order valence-electron chi connectivity index (χ1n) is 6.84. The molecule has 1 aromatic carbocycles. The highest BCUT2D eigenvalue weighted by Crippen LogP contribution is 2.30. The third-order valence-electron chi connectivity index (χ3n) is 3.49. The standard InChI is InChI=1S/C14H15N5O4/c1-22-10-4-3-8(5-11(10)23-2)16-13(21)9-6-12(20)17-14-18-15-7-19(9)14/h3-5,7,9H,6H2,1-2H3,(H,16,21)(H,17,18,20)/t9-/m1/s1. The van der Waals surface area contributed by atoms with E-state index >= 15 is 0 Å². The molecule has 2 aromatic rings. The summed E-state index contributed by atoms with van der Waals surface area (Å²) in [5.41, 5.74) is 0.535. The van der Waals surface area contributed by atoms with E-state index < -0.39 is 6.04 Å². The fraction of sp³-hybridized carbons (Fsp3) is 0.286. The summed E-state index contributed by atoms with van der Waals surface area (Å²) in [7, 11) is 3.04. The van der Waals surface area contributed by atoms with Gasteiger partial charge in [-0.3, -0.25) is 19.5 Å². The van der Waals surface area contributed by atoms with Crippen LogP contribution in [0.25, 0.3) is 0 Å². The van der Waals surface area contributed by atoms with E-state index in [1.807, 2.05) is 0 Å². The molecule has 1 aromatic heterocycles. The fourth-order valence-electron chi connectivity index (χ4n) is 2.37. The van der Waals surface area contributed by atoms with Crippen LogP contribution >= 0.6 is 0 Å². The molecule has 3 rings (SSSR count). The predicted octanol–water partition coefficient (Wildman–Crippen LogP) is 0.817. The van der Waals surface area contributed by atoms with Crippen LogP contribution in [-0.2, 0) is 9.59 Å². The second-order valence-corrected chi connectivity index (χ2v) is 4.89. The van der Waals surface area contributed by atoms with Crippen LogP contribution in [0.5, 0.6) is 11.5 Å². The predicted molar refractivity (Wildman–Crippen MR) is 80.5 cm³/mol. The average Bonchev–Trinajstić information content (AvgIpc) is 3.01. The van der Waals surface area contributed by atoms with E-state index in [4.69, 9.17) is 9.47 Å². The number of carbonyl (C=O) groups is 2. The molecule has 0 fully saturated rings. The molecule has 2 amide bonds. The second-order valence-electron chi connectivity index (χ2n) is 4.89. The van der Waals surface area contributed by atoms with E-state index in [2.05, 4.69) is 20.8 Å². The average molecular weight is 317 g/mol. The topological polar surface area (TPSA) is 107 Å². The van der Waals surface area contributed by atoms with Gasteiger partial charge in [-0.1, -0.05) is 0 Å². The Morgan fingerprint density at radius 3 is 2.87 bits per heavy atom. The van der Waals surface area contributed by atoms with Crippen LogP contribution < -0.4 is 20.1 Å². The van der Waals surface area contributed by atoms with Crippen LogP contribution in [0.1, 0.15) is 12.5 Å². The highest BCUT2D eigenvalue weighted by molar-refractivity contribution is 6.00. The van der Waals surface area contributed by atoms with Crippen molar-refractivity contribution in [2.45, 2.75) is 12.5 Å². The maximum Gasteiger partial charge on any atom is 0.248 e. The first-order valence-corrected chi connectivity index (χ1v) is 6.84. The van der Waals surface area contributed by atoms with Gasteiger partial charge in [-0.2, -0.15) is 0 Å². The molecule has 0 bridgehead atoms. The Balaban J connectivity index is 1.81. The summed E-state index contributed by atoms with van der Waals surface area (Å²) in [4.78, 5) is 24.2. The third-order valence-corrected chi connectivity index (χ3v) is 3.49. The second kappa shape index (κ2) is 5.95. The molecule has 2 heterocycles. The van der Waals surface area contributed by atoms with Gasteiger partial charge in [0.1, 0.15) is 12.4 Å². The zero-order valence-electron chi connectivity index (χ0n) is 12.6. The Hall–Kier alpha value is -3.10. The molecular weight excluding hydrogens is 302 g/mol. The summed E-state index contributed by atoms with van der Waals surface area (Å²) in [6.45, 7) is 0. The highest BCUT2D eigenvalue weighted by Gasteiger charge is 2.31. The van der Waals surface area contributed by atoms with Crippen LogP contribution in [0.4, 0.5) is 11.6 Å². The third kappa shape index (κ3) is 2.80. The maximum atomic E-state index is 12.5. The quantitative estimate of drug-likeness (QED) is 0.864. The van der Waals surface area contributed by atoms with Crippen LogP contribution in [0.3, 0.4) is 0 Å². The lowest BCUT2D eigenvalue weighted by atomic mass is 10.1. The van der Waals surface area contributed by atoms with Crippen LogP contribution in [0.2, 0.25) is 0 Å². The van der Waals surface area contributed by atoms with Gasteiger partial charge >= 0.3 is 0 Å². The molecule has 1 atom stereocenters. The van der Waals surface area contributed by atoms with Crippen molar-refractivity contribution < 1.29 is 19.1 Å². The summed E-state index contributed by atoms with van der Waals surface area (Å²) in [6.07, 6.45) is 1.43. The number of methoxy groups -OCH3 is 2. The number of ether oxygens (including phenoxy) is 2. The largest absolute Gasteiger partial charge is 0.493 e. The minimum Gasteiger partial charge on any atom is -0.493 e. The van der Waals surface area contributed by atoms with E-state index in [0.717, 1.165) is 0 Å². The Labute approximate surface area is 131 Å². The van der Waals surface area contributed by atoms with Crippen LogP contribution in [0, 0.1) is 0 Å². The van der Waals surface area contributed by atoms with Gasteiger partial charge in [-0.15, -0.1) is 10.2 Å². The molecule has 23 heavy (non-hydrogen) atoms. The summed E-state index contributed by atoms with van der Waals surface area (Å²) in [6, 6.07) is 4.32. The van der Waals surface area contributed by atoms with E-state index in [9.17, 15) is 9.59 Å². The van der Waals surface area contributed by atoms with Crippen molar-refractivity contribution in [2.75, 3.05) is 24.9 Å². The zero-order chi connectivity index (χ0) is 16.4. The number of hydrogen-bond acceptors (Lipinski definition) is 6. The number of nitrogens with zero attached hydrogens (tertiary/aromatic N) is 3. The number of aromatic nitrogens is 3. The van der Waals surface area contributed by atoms with Crippen molar-refractivity contribution in [3.8, 4) is 11.5 Å². The number of carbonyl (C=O) groups excluding carboxylic acids is 2. The van der Waals surface area contributed by atoms with E-state index in [1.165, 1.54) is 25.1 Å². The molecule has 1 aliphatic rings. The minimum atomic E-state index is -0.707. The van der Waals surface area contributed by atoms with Crippen molar-refractivity contribution in [2.24, 2.45) is 0 Å². The Morgan fingerprint density at radius 1 is 1.35 bits per heavy atom. The lowest BCUT2D eigenvalue weighted by molar-refractivity contribution is -0.125. The monoisotopic (exact) mass is 317 g/mol. The van der Waals surface area contributed by atoms with Gasteiger partial charge in [-0.25, -0.2) is 0 Å². The summed E-state index contributed by atoms with van der Waals surface area (Å²) < 4.78 is 11.9. The fourth-order valence-corrected chi connectivity index (χ4v) is 2.37. The number of fused-ring (bicyclic) bond motifs is 1. The first kappa shape index (κ1) is 14.8. The number of rotatable bonds is 4. The molecule has 0 saturated carbocycles. The Kier molecular flexibility index (Phi) is 3.83. The van der Waals surface area contributed by atoms with Gasteiger partial charge in [0, 0.05) is 11.8 Å². The number of amides is 2. The van der Waals surface area contributed by atoms with Gasteiger partial charge < -0.3 is 14.8 Å². The molecule has 0 spiro atoms. The van der Waals surface area contributed by atoms with Crippen molar-refractivity contribution in [1.82, 2.24) is 14.8 Å². The molecule has 0 radical (unpaired) electrons. The summed E-state index contributed by atoms with van der Waals surface area (Å²) in [5.74, 6) is 0.695. The smallest absolute Gasteiger partial charge is 0.248 e. The molecule has 0 unspecified atom stereocenters. The molecular formula is C14H15N5O4. The molecule has 2 N–H and O–H groups in total. The highest BCUT2D eigenvalue weighted by atomic mass is 16.5. The summed E-state index contributed by atoms with van der Waals surface area (Å²) >= 11 is 0. The first-order chi connectivity index (χ1) is 11.1. The molecule has 0 saturated heterocycles. The molecule has 9 heteroatoms. The number of nitrogens with one attached hydrogen (secondary N) is 2. The molecule has 1 aliphatic heterocycles. The van der Waals surface area contributed by atoms with Gasteiger partial charge in [0.15, 0.2) is 11.5 Å². The maximum absolute atomic E-state index is 12.5. The SMILES string of the molecule is COc1ccc(NC(=O)[C@H]2CC(=O)Nc3nncn32)cc1OC. The van der Waals surface area contributed by atoms with Crippen molar-refractivity contribution in [3.05, 3.63) is 24.5 Å². The molecule has 120 valence electrons. The molecule has 9 nitrogen and oxygen atoms in total. The molecule has 0 aliphatic carbocycles. The normalized spacial score (nSPS) is 16.3. The number of anilines is 2. The van der Waals surface area contributed by atoms with Gasteiger partial charge in [0.2, 0.25) is 17.8 Å². The van der Waals surface area contributed by atoms with Crippen LogP contribution in [0.15, 0.2) is 24.5 Å². The lowest BCUT2D eigenvalue weighted by Crippen LogP contribution is -2.35. The van der Waals surface area contributed by atoms with Crippen molar-refractivity contribution >= 4 is 23.5 Å².